The predicted molar refractivity (Wildman–Crippen MR) is 85.4 cm³/mol. The van der Waals surface area contributed by atoms with Crippen LogP contribution in [0, 0.1) is 11.6 Å². The highest BCUT2D eigenvalue weighted by Crippen LogP contribution is 2.14. The van der Waals surface area contributed by atoms with E-state index in [9.17, 15) is 13.6 Å². The maximum Gasteiger partial charge on any atom is 0.254 e. The Balaban J connectivity index is 1.67. The minimum Gasteiger partial charge on any atom is -0.497 e. The highest BCUT2D eigenvalue weighted by atomic mass is 19.1. The van der Waals surface area contributed by atoms with Crippen molar-refractivity contribution in [3.8, 4) is 11.4 Å². The lowest BCUT2D eigenvalue weighted by Gasteiger charge is -2.04. The molecule has 0 spiro atoms. The van der Waals surface area contributed by atoms with E-state index in [0.29, 0.717) is 11.4 Å². The molecule has 3 aromatic rings. The van der Waals surface area contributed by atoms with E-state index in [1.165, 1.54) is 4.68 Å². The first kappa shape index (κ1) is 16.6. The second kappa shape index (κ2) is 7.08. The molecule has 0 fully saturated rings. The van der Waals surface area contributed by atoms with Crippen LogP contribution in [0.5, 0.6) is 5.75 Å². The lowest BCUT2D eigenvalue weighted by molar-refractivity contribution is 0.0946. The normalized spacial score (nSPS) is 10.5. The summed E-state index contributed by atoms with van der Waals surface area (Å²) in [4.78, 5) is 12.0. The SMILES string of the molecule is COc1ccc(-n2cc(CNC(=O)c3cc(F)ccc3F)nn2)cc1. The van der Waals surface area contributed by atoms with Gasteiger partial charge in [0.15, 0.2) is 0 Å². The quantitative estimate of drug-likeness (QED) is 0.772. The molecule has 3 rings (SSSR count). The van der Waals surface area contributed by atoms with Gasteiger partial charge in [-0.2, -0.15) is 0 Å². The van der Waals surface area contributed by atoms with E-state index in [4.69, 9.17) is 4.74 Å². The first-order chi connectivity index (χ1) is 12.1. The van der Waals surface area contributed by atoms with E-state index in [1.807, 2.05) is 0 Å². The minimum atomic E-state index is -0.791. The summed E-state index contributed by atoms with van der Waals surface area (Å²) in [7, 11) is 1.58. The molecule has 0 radical (unpaired) electrons. The van der Waals surface area contributed by atoms with E-state index in [1.54, 1.807) is 37.6 Å². The van der Waals surface area contributed by atoms with Crippen molar-refractivity contribution >= 4 is 5.91 Å². The van der Waals surface area contributed by atoms with Gasteiger partial charge in [-0.3, -0.25) is 4.79 Å². The van der Waals surface area contributed by atoms with Crippen LogP contribution in [0.15, 0.2) is 48.7 Å². The zero-order valence-corrected chi connectivity index (χ0v) is 13.2. The molecule has 1 N–H and O–H groups in total. The fourth-order valence-electron chi connectivity index (χ4n) is 2.18. The Labute approximate surface area is 142 Å². The first-order valence-corrected chi connectivity index (χ1v) is 7.36. The average Bonchev–Trinajstić information content (AvgIpc) is 3.11. The van der Waals surface area contributed by atoms with E-state index in [-0.39, 0.29) is 12.1 Å². The second-order valence-corrected chi connectivity index (χ2v) is 5.16. The van der Waals surface area contributed by atoms with E-state index in [0.717, 1.165) is 23.9 Å². The van der Waals surface area contributed by atoms with Crippen LogP contribution >= 0.6 is 0 Å². The topological polar surface area (TPSA) is 69.0 Å². The van der Waals surface area contributed by atoms with E-state index in [2.05, 4.69) is 15.6 Å². The van der Waals surface area contributed by atoms with Crippen LogP contribution in [0.4, 0.5) is 8.78 Å². The Hall–Kier alpha value is -3.29. The monoisotopic (exact) mass is 344 g/mol. The molecule has 0 aliphatic carbocycles. The molecule has 1 heterocycles. The van der Waals surface area contributed by atoms with Gasteiger partial charge in [0.05, 0.1) is 31.1 Å². The molecule has 0 bridgehead atoms. The molecule has 0 aliphatic heterocycles. The molecule has 0 saturated heterocycles. The molecule has 1 amide bonds. The number of methoxy groups -OCH3 is 1. The van der Waals surface area contributed by atoms with Gasteiger partial charge in [-0.25, -0.2) is 13.5 Å². The summed E-state index contributed by atoms with van der Waals surface area (Å²) in [6.45, 7) is 0.0327. The van der Waals surface area contributed by atoms with E-state index < -0.39 is 17.5 Å². The van der Waals surface area contributed by atoms with Gasteiger partial charge in [0.2, 0.25) is 0 Å². The van der Waals surface area contributed by atoms with Crippen molar-refractivity contribution in [2.75, 3.05) is 7.11 Å². The summed E-state index contributed by atoms with van der Waals surface area (Å²) in [5, 5.41) is 10.4. The number of carbonyl (C=O) groups is 1. The number of halogens is 2. The Morgan fingerprint density at radius 1 is 1.20 bits per heavy atom. The number of benzene rings is 2. The lowest BCUT2D eigenvalue weighted by Crippen LogP contribution is -2.24. The van der Waals surface area contributed by atoms with Crippen LogP contribution in [0.25, 0.3) is 5.69 Å². The van der Waals surface area contributed by atoms with Gasteiger partial charge < -0.3 is 10.1 Å². The van der Waals surface area contributed by atoms with Gasteiger partial charge in [0.1, 0.15) is 23.1 Å². The number of nitrogens with one attached hydrogen (secondary N) is 1. The second-order valence-electron chi connectivity index (χ2n) is 5.16. The number of rotatable bonds is 5. The molecule has 1 aromatic heterocycles. The largest absolute Gasteiger partial charge is 0.497 e. The van der Waals surface area contributed by atoms with Crippen molar-refractivity contribution in [3.05, 3.63) is 71.6 Å². The molecular formula is C17H14F2N4O2. The highest BCUT2D eigenvalue weighted by molar-refractivity contribution is 5.94. The zero-order chi connectivity index (χ0) is 17.8. The third kappa shape index (κ3) is 3.79. The number of carbonyl (C=O) groups excluding carboxylic acids is 1. The fraction of sp³-hybridized carbons (Fsp3) is 0.118. The predicted octanol–water partition coefficient (Wildman–Crippen LogP) is 2.48. The Bertz CT molecular complexity index is 894. The van der Waals surface area contributed by atoms with Gasteiger partial charge in [-0.15, -0.1) is 5.10 Å². The zero-order valence-electron chi connectivity index (χ0n) is 13.2. The lowest BCUT2D eigenvalue weighted by atomic mass is 10.2. The molecule has 0 atom stereocenters. The van der Waals surface area contributed by atoms with Gasteiger partial charge in [-0.05, 0) is 42.5 Å². The highest BCUT2D eigenvalue weighted by Gasteiger charge is 2.13. The van der Waals surface area contributed by atoms with Crippen LogP contribution in [0.3, 0.4) is 0 Å². The third-order valence-electron chi connectivity index (χ3n) is 3.48. The summed E-state index contributed by atoms with van der Waals surface area (Å²) in [5.74, 6) is -1.48. The number of ether oxygens (including phenoxy) is 1. The van der Waals surface area contributed by atoms with Crippen molar-refractivity contribution in [1.29, 1.82) is 0 Å². The van der Waals surface area contributed by atoms with Gasteiger partial charge in [0, 0.05) is 0 Å². The maximum absolute atomic E-state index is 13.6. The van der Waals surface area contributed by atoms with Crippen LogP contribution in [0.2, 0.25) is 0 Å². The Morgan fingerprint density at radius 2 is 1.96 bits per heavy atom. The number of hydrogen-bond donors (Lipinski definition) is 1. The van der Waals surface area contributed by atoms with Crippen LogP contribution in [0.1, 0.15) is 16.1 Å². The average molecular weight is 344 g/mol. The molecule has 128 valence electrons. The molecule has 0 aliphatic rings. The minimum absolute atomic E-state index is 0.0327. The summed E-state index contributed by atoms with van der Waals surface area (Å²) in [5.41, 5.74) is 0.880. The molecular weight excluding hydrogens is 330 g/mol. The Morgan fingerprint density at radius 3 is 2.68 bits per heavy atom. The first-order valence-electron chi connectivity index (χ1n) is 7.36. The summed E-state index contributed by atoms with van der Waals surface area (Å²) in [6, 6.07) is 9.88. The van der Waals surface area contributed by atoms with Crippen LogP contribution in [-0.2, 0) is 6.54 Å². The van der Waals surface area contributed by atoms with Crippen molar-refractivity contribution in [2.24, 2.45) is 0 Å². The number of nitrogens with zero attached hydrogens (tertiary/aromatic N) is 3. The molecule has 0 unspecified atom stereocenters. The molecule has 25 heavy (non-hydrogen) atoms. The summed E-state index contributed by atoms with van der Waals surface area (Å²) in [6.07, 6.45) is 1.63. The van der Waals surface area contributed by atoms with Crippen molar-refractivity contribution in [3.63, 3.8) is 0 Å². The van der Waals surface area contributed by atoms with E-state index >= 15 is 0 Å². The summed E-state index contributed by atoms with van der Waals surface area (Å²) < 4.78 is 33.3. The molecule has 0 saturated carbocycles. The van der Waals surface area contributed by atoms with Gasteiger partial charge in [-0.1, -0.05) is 5.21 Å². The van der Waals surface area contributed by atoms with Crippen molar-refractivity contribution < 1.29 is 18.3 Å². The standard InChI is InChI=1S/C17H14F2N4O2/c1-25-14-5-3-13(4-6-14)23-10-12(21-22-23)9-20-17(24)15-8-11(18)2-7-16(15)19/h2-8,10H,9H2,1H3,(H,20,24). The van der Waals surface area contributed by atoms with Gasteiger partial charge >= 0.3 is 0 Å². The summed E-state index contributed by atoms with van der Waals surface area (Å²) >= 11 is 0. The molecule has 6 nitrogen and oxygen atoms in total. The maximum atomic E-state index is 13.6. The Kier molecular flexibility index (Phi) is 4.69. The number of hydrogen-bond acceptors (Lipinski definition) is 4. The number of aromatic nitrogens is 3. The van der Waals surface area contributed by atoms with Crippen molar-refractivity contribution in [1.82, 2.24) is 20.3 Å². The molecule has 8 heteroatoms. The van der Waals surface area contributed by atoms with Gasteiger partial charge in [0.25, 0.3) is 5.91 Å². The third-order valence-corrected chi connectivity index (χ3v) is 3.48. The van der Waals surface area contributed by atoms with Crippen LogP contribution in [-0.4, -0.2) is 28.0 Å². The van der Waals surface area contributed by atoms with Crippen molar-refractivity contribution in [2.45, 2.75) is 6.54 Å². The fourth-order valence-corrected chi connectivity index (χ4v) is 2.18. The molecule has 2 aromatic carbocycles. The smallest absolute Gasteiger partial charge is 0.254 e. The number of amides is 1. The van der Waals surface area contributed by atoms with Crippen LogP contribution < -0.4 is 10.1 Å².